The lowest BCUT2D eigenvalue weighted by molar-refractivity contribution is 1.05. The first kappa shape index (κ1) is 12.0. The summed E-state index contributed by atoms with van der Waals surface area (Å²) in [5, 5.41) is 10.5. The number of aryl methyl sites for hydroxylation is 1. The Bertz CT molecular complexity index is 363. The highest BCUT2D eigenvalue weighted by Crippen LogP contribution is 2.26. The number of hydrogen-bond acceptors (Lipinski definition) is 1. The normalized spacial score (nSPS) is 9.87. The average Bonchev–Trinajstić information content (AvgIpc) is 2.27. The van der Waals surface area contributed by atoms with Crippen LogP contribution in [0, 0.1) is 5.41 Å². The van der Waals surface area contributed by atoms with Crippen molar-refractivity contribution in [2.45, 2.75) is 13.3 Å². The van der Waals surface area contributed by atoms with Crippen molar-refractivity contribution in [2.24, 2.45) is 0 Å². The zero-order valence-electron chi connectivity index (χ0n) is 9.26. The van der Waals surface area contributed by atoms with Gasteiger partial charge < -0.3 is 10.2 Å². The molecular formula is C11H16BrN3. The standard InChI is InChI=1S/C11H16BrN3/c1-4-8-5-6-9(12)10(7-8)15(3)11(13)14-2/h5-7H,4H2,1-3H3,(H2,13,14). The van der Waals surface area contributed by atoms with E-state index in [0.717, 1.165) is 16.6 Å². The maximum atomic E-state index is 7.70. The second kappa shape index (κ2) is 5.16. The molecule has 0 saturated heterocycles. The van der Waals surface area contributed by atoms with E-state index in [1.165, 1.54) is 5.56 Å². The van der Waals surface area contributed by atoms with Gasteiger partial charge in [-0.3, -0.25) is 5.41 Å². The summed E-state index contributed by atoms with van der Waals surface area (Å²) in [6, 6.07) is 6.20. The molecule has 2 N–H and O–H groups in total. The minimum absolute atomic E-state index is 0.379. The minimum atomic E-state index is 0.379. The van der Waals surface area contributed by atoms with Gasteiger partial charge in [-0.15, -0.1) is 0 Å². The molecule has 1 aromatic carbocycles. The second-order valence-electron chi connectivity index (χ2n) is 3.30. The van der Waals surface area contributed by atoms with Crippen molar-refractivity contribution < 1.29 is 0 Å². The average molecular weight is 270 g/mol. The molecular weight excluding hydrogens is 254 g/mol. The molecule has 0 atom stereocenters. The largest absolute Gasteiger partial charge is 0.359 e. The van der Waals surface area contributed by atoms with E-state index in [4.69, 9.17) is 5.41 Å². The van der Waals surface area contributed by atoms with Gasteiger partial charge in [0.15, 0.2) is 5.96 Å². The van der Waals surface area contributed by atoms with Gasteiger partial charge in [-0.25, -0.2) is 0 Å². The van der Waals surface area contributed by atoms with Crippen molar-refractivity contribution in [1.82, 2.24) is 5.32 Å². The molecule has 0 aliphatic carbocycles. The van der Waals surface area contributed by atoms with Gasteiger partial charge in [-0.1, -0.05) is 13.0 Å². The quantitative estimate of drug-likeness (QED) is 0.640. The van der Waals surface area contributed by atoms with Gasteiger partial charge in [-0.2, -0.15) is 0 Å². The Morgan fingerprint density at radius 3 is 2.73 bits per heavy atom. The second-order valence-corrected chi connectivity index (χ2v) is 4.15. The molecule has 0 spiro atoms. The third-order valence-electron chi connectivity index (χ3n) is 2.35. The summed E-state index contributed by atoms with van der Waals surface area (Å²) >= 11 is 3.49. The van der Waals surface area contributed by atoms with Crippen LogP contribution in [-0.4, -0.2) is 20.1 Å². The molecule has 0 unspecified atom stereocenters. The SMILES string of the molecule is CCc1ccc(Br)c(N(C)C(=N)NC)c1. The van der Waals surface area contributed by atoms with Crippen molar-refractivity contribution in [2.75, 3.05) is 19.0 Å². The van der Waals surface area contributed by atoms with Gasteiger partial charge in [0.05, 0.1) is 5.69 Å². The van der Waals surface area contributed by atoms with Crippen molar-refractivity contribution in [1.29, 1.82) is 5.41 Å². The fourth-order valence-electron chi connectivity index (χ4n) is 1.32. The van der Waals surface area contributed by atoms with Crippen LogP contribution in [0.25, 0.3) is 0 Å². The number of nitrogens with one attached hydrogen (secondary N) is 2. The molecule has 0 fully saturated rings. The predicted molar refractivity (Wildman–Crippen MR) is 68.7 cm³/mol. The molecule has 1 rings (SSSR count). The van der Waals surface area contributed by atoms with Gasteiger partial charge in [0, 0.05) is 18.6 Å². The third kappa shape index (κ3) is 2.72. The lowest BCUT2D eigenvalue weighted by atomic mass is 10.1. The maximum Gasteiger partial charge on any atom is 0.195 e. The molecule has 3 nitrogen and oxygen atoms in total. The highest BCUT2D eigenvalue weighted by atomic mass is 79.9. The number of rotatable bonds is 2. The molecule has 0 heterocycles. The van der Waals surface area contributed by atoms with E-state index in [1.54, 1.807) is 7.05 Å². The molecule has 0 radical (unpaired) electrons. The lowest BCUT2D eigenvalue weighted by Gasteiger charge is -2.21. The van der Waals surface area contributed by atoms with Crippen molar-refractivity contribution in [3.63, 3.8) is 0 Å². The Morgan fingerprint density at radius 2 is 2.20 bits per heavy atom. The first-order valence-electron chi connectivity index (χ1n) is 4.88. The Balaban J connectivity index is 3.06. The zero-order valence-corrected chi connectivity index (χ0v) is 10.9. The molecule has 0 aliphatic rings. The number of benzene rings is 1. The van der Waals surface area contributed by atoms with Crippen LogP contribution in [0.15, 0.2) is 22.7 Å². The van der Waals surface area contributed by atoms with Crippen LogP contribution in [-0.2, 0) is 6.42 Å². The fourth-order valence-corrected chi connectivity index (χ4v) is 1.84. The monoisotopic (exact) mass is 269 g/mol. The summed E-state index contributed by atoms with van der Waals surface area (Å²) in [5.41, 5.74) is 2.28. The van der Waals surface area contributed by atoms with Crippen LogP contribution in [0.4, 0.5) is 5.69 Å². The summed E-state index contributed by atoms with van der Waals surface area (Å²) in [7, 11) is 3.62. The molecule has 82 valence electrons. The van der Waals surface area contributed by atoms with Crippen molar-refractivity contribution in [3.05, 3.63) is 28.2 Å². The van der Waals surface area contributed by atoms with E-state index < -0.39 is 0 Å². The van der Waals surface area contributed by atoms with E-state index in [1.807, 2.05) is 18.0 Å². The van der Waals surface area contributed by atoms with Crippen molar-refractivity contribution >= 4 is 27.6 Å². The van der Waals surface area contributed by atoms with E-state index in [0.29, 0.717) is 5.96 Å². The van der Waals surface area contributed by atoms with E-state index in [-0.39, 0.29) is 0 Å². The van der Waals surface area contributed by atoms with Crippen LogP contribution in [0.5, 0.6) is 0 Å². The zero-order chi connectivity index (χ0) is 11.4. The van der Waals surface area contributed by atoms with Crippen LogP contribution in [0.3, 0.4) is 0 Å². The van der Waals surface area contributed by atoms with E-state index in [9.17, 15) is 0 Å². The molecule has 4 heteroatoms. The summed E-state index contributed by atoms with van der Waals surface area (Å²) in [6.45, 7) is 2.12. The molecule has 0 aliphatic heterocycles. The first-order valence-corrected chi connectivity index (χ1v) is 5.68. The van der Waals surface area contributed by atoms with Gasteiger partial charge in [0.25, 0.3) is 0 Å². The molecule has 15 heavy (non-hydrogen) atoms. The molecule has 1 aromatic rings. The number of anilines is 1. The Kier molecular flexibility index (Phi) is 4.15. The topological polar surface area (TPSA) is 39.1 Å². The Hall–Kier alpha value is -1.03. The van der Waals surface area contributed by atoms with Crippen molar-refractivity contribution in [3.8, 4) is 0 Å². The minimum Gasteiger partial charge on any atom is -0.359 e. The van der Waals surface area contributed by atoms with E-state index in [2.05, 4.69) is 40.3 Å². The van der Waals surface area contributed by atoms with Crippen LogP contribution < -0.4 is 10.2 Å². The van der Waals surface area contributed by atoms with Crippen LogP contribution in [0.1, 0.15) is 12.5 Å². The van der Waals surface area contributed by atoms with Gasteiger partial charge >= 0.3 is 0 Å². The predicted octanol–water partition coefficient (Wildman–Crippen LogP) is 2.60. The van der Waals surface area contributed by atoms with Gasteiger partial charge in [-0.05, 0) is 40.0 Å². The fraction of sp³-hybridized carbons (Fsp3) is 0.364. The van der Waals surface area contributed by atoms with Crippen LogP contribution >= 0.6 is 15.9 Å². The smallest absolute Gasteiger partial charge is 0.195 e. The van der Waals surface area contributed by atoms with Crippen LogP contribution in [0.2, 0.25) is 0 Å². The number of nitrogens with zero attached hydrogens (tertiary/aromatic N) is 1. The summed E-state index contributed by atoms with van der Waals surface area (Å²) in [4.78, 5) is 1.81. The molecule has 0 saturated carbocycles. The Morgan fingerprint density at radius 1 is 1.53 bits per heavy atom. The molecule has 0 amide bonds. The third-order valence-corrected chi connectivity index (χ3v) is 3.02. The summed E-state index contributed by atoms with van der Waals surface area (Å²) in [6.07, 6.45) is 1.00. The number of hydrogen-bond donors (Lipinski definition) is 2. The summed E-state index contributed by atoms with van der Waals surface area (Å²) < 4.78 is 1.00. The first-order chi connectivity index (χ1) is 7.10. The van der Waals surface area contributed by atoms with E-state index >= 15 is 0 Å². The number of halogens is 1. The number of guanidine groups is 1. The highest BCUT2D eigenvalue weighted by Gasteiger charge is 2.09. The highest BCUT2D eigenvalue weighted by molar-refractivity contribution is 9.10. The molecule has 0 bridgehead atoms. The maximum absolute atomic E-state index is 7.70. The van der Waals surface area contributed by atoms with Gasteiger partial charge in [0.2, 0.25) is 0 Å². The molecule has 0 aromatic heterocycles. The van der Waals surface area contributed by atoms with Gasteiger partial charge in [0.1, 0.15) is 0 Å². The summed E-state index contributed by atoms with van der Waals surface area (Å²) in [5.74, 6) is 0.379. The lowest BCUT2D eigenvalue weighted by Crippen LogP contribution is -2.35. The Labute approximate surface area is 99.1 Å².